The van der Waals surface area contributed by atoms with Crippen molar-refractivity contribution in [3.05, 3.63) is 29.8 Å². The van der Waals surface area contributed by atoms with E-state index in [1.807, 2.05) is 18.8 Å². The predicted molar refractivity (Wildman–Crippen MR) is 104 cm³/mol. The van der Waals surface area contributed by atoms with Crippen LogP contribution in [0.5, 0.6) is 0 Å². The zero-order chi connectivity index (χ0) is 14.2. The maximum Gasteiger partial charge on any atom is 0.191 e. The van der Waals surface area contributed by atoms with E-state index in [-0.39, 0.29) is 24.0 Å². The van der Waals surface area contributed by atoms with E-state index >= 15 is 0 Å². The summed E-state index contributed by atoms with van der Waals surface area (Å²) in [6, 6.07) is 9.31. The average Bonchev–Trinajstić information content (AvgIpc) is 2.97. The van der Waals surface area contributed by atoms with E-state index in [2.05, 4.69) is 46.8 Å². The van der Waals surface area contributed by atoms with Crippen LogP contribution >= 0.6 is 35.7 Å². The summed E-state index contributed by atoms with van der Waals surface area (Å²) in [5.74, 6) is 2.00. The number of nitrogens with one attached hydrogen (secondary N) is 2. The number of aliphatic imine (C=N–C) groups is 1. The Kier molecular flexibility index (Phi) is 9.15. The van der Waals surface area contributed by atoms with Crippen LogP contribution < -0.4 is 10.6 Å². The van der Waals surface area contributed by atoms with Crippen molar-refractivity contribution < 1.29 is 0 Å². The van der Waals surface area contributed by atoms with Gasteiger partial charge in [-0.2, -0.15) is 0 Å². The lowest BCUT2D eigenvalue weighted by Gasteiger charge is -2.16. The Morgan fingerprint density at radius 3 is 2.52 bits per heavy atom. The van der Waals surface area contributed by atoms with Crippen molar-refractivity contribution in [2.45, 2.75) is 43.5 Å². The van der Waals surface area contributed by atoms with Gasteiger partial charge in [-0.15, -0.1) is 35.7 Å². The Hall–Kier alpha value is -0.430. The van der Waals surface area contributed by atoms with E-state index in [1.165, 1.54) is 36.1 Å². The second kappa shape index (κ2) is 10.3. The first kappa shape index (κ1) is 18.6. The van der Waals surface area contributed by atoms with Crippen molar-refractivity contribution in [1.29, 1.82) is 0 Å². The fourth-order valence-corrected chi connectivity index (χ4v) is 3.20. The average molecular weight is 419 g/mol. The molecule has 1 aliphatic rings. The minimum absolute atomic E-state index is 0. The number of thioether (sulfide) groups is 1. The van der Waals surface area contributed by atoms with Crippen LogP contribution in [0.1, 0.15) is 31.2 Å². The van der Waals surface area contributed by atoms with Gasteiger partial charge in [-0.3, -0.25) is 4.99 Å². The first-order chi connectivity index (χ1) is 9.78. The van der Waals surface area contributed by atoms with Crippen molar-refractivity contribution in [3.63, 3.8) is 0 Å². The standard InChI is InChI=1S/C16H25N3S.HI/c1-13-7-9-15(10-8-13)20-12-11-18-16(17-2)19-14-5-3-4-6-14;/h7-10,14H,3-6,11-12H2,1-2H3,(H2,17,18,19);1H. The van der Waals surface area contributed by atoms with Crippen molar-refractivity contribution in [3.8, 4) is 0 Å². The monoisotopic (exact) mass is 419 g/mol. The van der Waals surface area contributed by atoms with Gasteiger partial charge in [-0.05, 0) is 31.9 Å². The Labute approximate surface area is 149 Å². The van der Waals surface area contributed by atoms with Crippen LogP contribution in [-0.4, -0.2) is 31.3 Å². The summed E-state index contributed by atoms with van der Waals surface area (Å²) in [5.41, 5.74) is 1.31. The van der Waals surface area contributed by atoms with Crippen molar-refractivity contribution in [2.75, 3.05) is 19.3 Å². The fourth-order valence-electron chi connectivity index (χ4n) is 2.43. The van der Waals surface area contributed by atoms with E-state index in [1.54, 1.807) is 0 Å². The molecule has 0 bridgehead atoms. The third kappa shape index (κ3) is 6.91. The molecule has 1 saturated carbocycles. The van der Waals surface area contributed by atoms with Crippen molar-refractivity contribution in [2.24, 2.45) is 4.99 Å². The molecule has 0 atom stereocenters. The first-order valence-corrected chi connectivity index (χ1v) is 8.43. The van der Waals surface area contributed by atoms with E-state index in [9.17, 15) is 0 Å². The highest BCUT2D eigenvalue weighted by Crippen LogP contribution is 2.18. The summed E-state index contributed by atoms with van der Waals surface area (Å²) in [6.07, 6.45) is 5.24. The highest BCUT2D eigenvalue weighted by atomic mass is 127. The molecule has 2 N–H and O–H groups in total. The Balaban J connectivity index is 0.00000220. The smallest absolute Gasteiger partial charge is 0.191 e. The summed E-state index contributed by atoms with van der Waals surface area (Å²) in [5, 5.41) is 6.90. The lowest BCUT2D eigenvalue weighted by Crippen LogP contribution is -2.43. The zero-order valence-electron chi connectivity index (χ0n) is 12.9. The number of nitrogens with zero attached hydrogens (tertiary/aromatic N) is 1. The normalized spacial score (nSPS) is 15.6. The molecule has 1 aromatic carbocycles. The molecule has 0 unspecified atom stereocenters. The highest BCUT2D eigenvalue weighted by Gasteiger charge is 2.15. The summed E-state index contributed by atoms with van der Waals surface area (Å²) in [4.78, 5) is 5.62. The lowest BCUT2D eigenvalue weighted by molar-refractivity contribution is 0.616. The zero-order valence-corrected chi connectivity index (χ0v) is 16.0. The van der Waals surface area contributed by atoms with Gasteiger partial charge in [0.05, 0.1) is 0 Å². The second-order valence-corrected chi connectivity index (χ2v) is 6.45. The molecule has 0 amide bonds. The molecule has 0 spiro atoms. The molecule has 0 aromatic heterocycles. The number of halogens is 1. The molecule has 3 nitrogen and oxygen atoms in total. The molecule has 1 aromatic rings. The van der Waals surface area contributed by atoms with Gasteiger partial charge in [0.15, 0.2) is 5.96 Å². The summed E-state index contributed by atoms with van der Waals surface area (Å²) in [6.45, 7) is 3.06. The van der Waals surface area contributed by atoms with Gasteiger partial charge in [0.1, 0.15) is 0 Å². The molecule has 1 fully saturated rings. The fraction of sp³-hybridized carbons (Fsp3) is 0.562. The van der Waals surface area contributed by atoms with Crippen molar-refractivity contribution >= 4 is 41.7 Å². The topological polar surface area (TPSA) is 36.4 Å². The van der Waals surface area contributed by atoms with Gasteiger partial charge in [-0.25, -0.2) is 0 Å². The molecule has 0 heterocycles. The molecule has 21 heavy (non-hydrogen) atoms. The summed E-state index contributed by atoms with van der Waals surface area (Å²) in [7, 11) is 1.84. The van der Waals surface area contributed by atoms with E-state index < -0.39 is 0 Å². The summed E-state index contributed by atoms with van der Waals surface area (Å²) < 4.78 is 0. The molecule has 2 rings (SSSR count). The Morgan fingerprint density at radius 1 is 1.24 bits per heavy atom. The molecular formula is C16H26IN3S. The first-order valence-electron chi connectivity index (χ1n) is 7.44. The number of rotatable bonds is 5. The molecule has 0 saturated heterocycles. The highest BCUT2D eigenvalue weighted by molar-refractivity contribution is 14.0. The largest absolute Gasteiger partial charge is 0.356 e. The number of hydrogen-bond acceptors (Lipinski definition) is 2. The minimum atomic E-state index is 0. The molecule has 0 radical (unpaired) electrons. The van der Waals surface area contributed by atoms with Crippen LogP contribution in [0.3, 0.4) is 0 Å². The number of hydrogen-bond donors (Lipinski definition) is 2. The molecule has 5 heteroatoms. The van der Waals surface area contributed by atoms with Gasteiger partial charge in [0.25, 0.3) is 0 Å². The number of guanidine groups is 1. The van der Waals surface area contributed by atoms with Gasteiger partial charge >= 0.3 is 0 Å². The van der Waals surface area contributed by atoms with Crippen LogP contribution in [-0.2, 0) is 0 Å². The van der Waals surface area contributed by atoms with Gasteiger partial charge < -0.3 is 10.6 Å². The SMILES string of the molecule is CN=C(NCCSc1ccc(C)cc1)NC1CCCC1.I. The number of aryl methyl sites for hydroxylation is 1. The van der Waals surface area contributed by atoms with Crippen LogP contribution in [0.25, 0.3) is 0 Å². The Morgan fingerprint density at radius 2 is 1.90 bits per heavy atom. The second-order valence-electron chi connectivity index (χ2n) is 5.29. The third-order valence-corrected chi connectivity index (χ3v) is 4.62. The predicted octanol–water partition coefficient (Wildman–Crippen LogP) is 3.81. The van der Waals surface area contributed by atoms with E-state index in [0.717, 1.165) is 18.3 Å². The molecule has 0 aliphatic heterocycles. The van der Waals surface area contributed by atoms with Crippen LogP contribution in [0.2, 0.25) is 0 Å². The molecule has 1 aliphatic carbocycles. The molecule has 118 valence electrons. The summed E-state index contributed by atoms with van der Waals surface area (Å²) >= 11 is 1.88. The van der Waals surface area contributed by atoms with Gasteiger partial charge in [0.2, 0.25) is 0 Å². The number of benzene rings is 1. The van der Waals surface area contributed by atoms with Crippen molar-refractivity contribution in [1.82, 2.24) is 10.6 Å². The van der Waals surface area contributed by atoms with Gasteiger partial charge in [0, 0.05) is 30.3 Å². The van der Waals surface area contributed by atoms with Crippen LogP contribution in [0.15, 0.2) is 34.2 Å². The van der Waals surface area contributed by atoms with E-state index in [0.29, 0.717) is 6.04 Å². The molecular weight excluding hydrogens is 393 g/mol. The Bertz CT molecular complexity index is 428. The van der Waals surface area contributed by atoms with Crippen LogP contribution in [0, 0.1) is 6.92 Å². The maximum absolute atomic E-state index is 4.29. The van der Waals surface area contributed by atoms with Gasteiger partial charge in [-0.1, -0.05) is 30.5 Å². The maximum atomic E-state index is 4.29. The lowest BCUT2D eigenvalue weighted by atomic mass is 10.2. The third-order valence-electron chi connectivity index (χ3n) is 3.60. The van der Waals surface area contributed by atoms with E-state index in [4.69, 9.17) is 0 Å². The van der Waals surface area contributed by atoms with Crippen LogP contribution in [0.4, 0.5) is 0 Å². The quantitative estimate of drug-likeness (QED) is 0.251. The minimum Gasteiger partial charge on any atom is -0.356 e.